The molecule has 7 nitrogen and oxygen atoms in total. The van der Waals surface area contributed by atoms with Crippen LogP contribution in [0.3, 0.4) is 0 Å². The molecule has 19 heavy (non-hydrogen) atoms. The third-order valence-electron chi connectivity index (χ3n) is 2.98. The van der Waals surface area contributed by atoms with Crippen molar-refractivity contribution in [3.8, 4) is 0 Å². The third-order valence-corrected chi connectivity index (χ3v) is 4.04. The summed E-state index contributed by atoms with van der Waals surface area (Å²) in [6.07, 6.45) is 2.89. The van der Waals surface area contributed by atoms with E-state index in [4.69, 9.17) is 4.74 Å². The molecule has 0 saturated heterocycles. The highest BCUT2D eigenvalue weighted by Gasteiger charge is 2.28. The zero-order chi connectivity index (χ0) is 13.8. The van der Waals surface area contributed by atoms with Gasteiger partial charge in [0, 0.05) is 18.8 Å². The van der Waals surface area contributed by atoms with Gasteiger partial charge in [0.15, 0.2) is 5.16 Å². The second-order valence-corrected chi connectivity index (χ2v) is 5.59. The maximum absolute atomic E-state index is 11.6. The van der Waals surface area contributed by atoms with Crippen LogP contribution in [0.2, 0.25) is 0 Å². The summed E-state index contributed by atoms with van der Waals surface area (Å²) >= 11 is 1.44. The zero-order valence-electron chi connectivity index (χ0n) is 11.0. The molecule has 1 saturated carbocycles. The molecule has 1 aromatic rings. The highest BCUT2D eigenvalue weighted by molar-refractivity contribution is 7.99. The summed E-state index contributed by atoms with van der Waals surface area (Å²) in [4.78, 5) is 22.8. The molecular formula is C11H18N4O3S. The second kappa shape index (κ2) is 6.25. The number of hydrogen-bond donors (Lipinski definition) is 2. The Kier molecular flexibility index (Phi) is 4.65. The summed E-state index contributed by atoms with van der Waals surface area (Å²) in [5.41, 5.74) is -0.233. The molecule has 1 aliphatic carbocycles. The number of carbonyl (C=O) groups is 1. The monoisotopic (exact) mass is 286 g/mol. The van der Waals surface area contributed by atoms with Gasteiger partial charge in [-0.15, -0.1) is 5.10 Å². The number of aromatic amines is 1. The van der Waals surface area contributed by atoms with E-state index in [9.17, 15) is 9.59 Å². The van der Waals surface area contributed by atoms with Crippen LogP contribution >= 0.6 is 11.8 Å². The lowest BCUT2D eigenvalue weighted by Crippen LogP contribution is -2.39. The van der Waals surface area contributed by atoms with Crippen molar-refractivity contribution in [2.24, 2.45) is 7.05 Å². The van der Waals surface area contributed by atoms with Gasteiger partial charge in [-0.25, -0.2) is 9.89 Å². The Morgan fingerprint density at radius 3 is 2.95 bits per heavy atom. The van der Waals surface area contributed by atoms with E-state index in [1.807, 2.05) is 0 Å². The molecule has 0 aromatic carbocycles. The number of rotatable bonds is 7. The molecule has 1 fully saturated rings. The smallest absolute Gasteiger partial charge is 0.343 e. The number of H-pyrrole nitrogens is 1. The van der Waals surface area contributed by atoms with Crippen LogP contribution in [-0.4, -0.2) is 45.7 Å². The molecule has 1 aromatic heterocycles. The van der Waals surface area contributed by atoms with Crippen molar-refractivity contribution in [1.82, 2.24) is 20.1 Å². The Hall–Kier alpha value is -1.28. The number of methoxy groups -OCH3 is 1. The Balaban J connectivity index is 1.82. The van der Waals surface area contributed by atoms with Gasteiger partial charge < -0.3 is 10.1 Å². The van der Waals surface area contributed by atoms with E-state index in [-0.39, 0.29) is 17.7 Å². The highest BCUT2D eigenvalue weighted by Crippen LogP contribution is 2.21. The molecule has 1 heterocycles. The molecule has 0 radical (unpaired) electrons. The SMILES string of the molecule is COC(=O)C(CCSc1n[nH]c(=O)n1C)NC1CC1. The van der Waals surface area contributed by atoms with Gasteiger partial charge in [0.1, 0.15) is 6.04 Å². The molecule has 0 amide bonds. The maximum Gasteiger partial charge on any atom is 0.343 e. The van der Waals surface area contributed by atoms with E-state index in [2.05, 4.69) is 15.5 Å². The summed E-state index contributed by atoms with van der Waals surface area (Å²) in [6.45, 7) is 0. The van der Waals surface area contributed by atoms with Gasteiger partial charge in [-0.2, -0.15) is 0 Å². The average Bonchev–Trinajstić information content (AvgIpc) is 3.17. The molecule has 1 unspecified atom stereocenters. The number of aromatic nitrogens is 3. The molecule has 0 aliphatic heterocycles. The van der Waals surface area contributed by atoms with Crippen LogP contribution in [0, 0.1) is 0 Å². The molecule has 8 heteroatoms. The van der Waals surface area contributed by atoms with Crippen molar-refractivity contribution >= 4 is 17.7 Å². The first-order valence-corrected chi connectivity index (χ1v) is 7.18. The van der Waals surface area contributed by atoms with E-state index in [0.29, 0.717) is 23.4 Å². The van der Waals surface area contributed by atoms with Crippen LogP contribution < -0.4 is 11.0 Å². The van der Waals surface area contributed by atoms with Crippen molar-refractivity contribution < 1.29 is 9.53 Å². The zero-order valence-corrected chi connectivity index (χ0v) is 11.8. The van der Waals surface area contributed by atoms with Gasteiger partial charge >= 0.3 is 11.7 Å². The summed E-state index contributed by atoms with van der Waals surface area (Å²) in [6, 6.07) is 0.171. The van der Waals surface area contributed by atoms with Crippen molar-refractivity contribution in [2.45, 2.75) is 36.5 Å². The fourth-order valence-electron chi connectivity index (χ4n) is 1.68. The predicted molar refractivity (Wildman–Crippen MR) is 71.1 cm³/mol. The Morgan fingerprint density at radius 2 is 2.42 bits per heavy atom. The number of ether oxygens (including phenoxy) is 1. The molecule has 2 rings (SSSR count). The number of nitrogens with zero attached hydrogens (tertiary/aromatic N) is 2. The summed E-state index contributed by atoms with van der Waals surface area (Å²) in [5, 5.41) is 10.2. The number of nitrogens with one attached hydrogen (secondary N) is 2. The van der Waals surface area contributed by atoms with E-state index >= 15 is 0 Å². The standard InChI is InChI=1S/C11H18N4O3S/c1-15-10(17)13-14-11(15)19-6-5-8(9(16)18-2)12-7-3-4-7/h7-8,12H,3-6H2,1-2H3,(H,13,17). The molecule has 0 spiro atoms. The van der Waals surface area contributed by atoms with Crippen LogP contribution in [0.1, 0.15) is 19.3 Å². The van der Waals surface area contributed by atoms with Gasteiger partial charge in [0.25, 0.3) is 0 Å². The normalized spacial score (nSPS) is 16.3. The van der Waals surface area contributed by atoms with Crippen molar-refractivity contribution in [3.63, 3.8) is 0 Å². The lowest BCUT2D eigenvalue weighted by molar-refractivity contribution is -0.143. The fourth-order valence-corrected chi connectivity index (χ4v) is 2.60. The van der Waals surface area contributed by atoms with Crippen molar-refractivity contribution in [3.05, 3.63) is 10.5 Å². The van der Waals surface area contributed by atoms with E-state index in [1.54, 1.807) is 7.05 Å². The van der Waals surface area contributed by atoms with Gasteiger partial charge in [-0.05, 0) is 19.3 Å². The maximum atomic E-state index is 11.6. The molecule has 106 valence electrons. The summed E-state index contributed by atoms with van der Waals surface area (Å²) in [5.74, 6) is 0.459. The van der Waals surface area contributed by atoms with Crippen molar-refractivity contribution in [2.75, 3.05) is 12.9 Å². The topological polar surface area (TPSA) is 89.0 Å². The number of carbonyl (C=O) groups excluding carboxylic acids is 1. The minimum Gasteiger partial charge on any atom is -0.468 e. The molecular weight excluding hydrogens is 268 g/mol. The van der Waals surface area contributed by atoms with Crippen LogP contribution in [0.5, 0.6) is 0 Å². The molecule has 1 aliphatic rings. The molecule has 1 atom stereocenters. The lowest BCUT2D eigenvalue weighted by atomic mass is 10.2. The first-order valence-electron chi connectivity index (χ1n) is 6.20. The van der Waals surface area contributed by atoms with Gasteiger partial charge in [0.05, 0.1) is 7.11 Å². The van der Waals surface area contributed by atoms with Crippen molar-refractivity contribution in [1.29, 1.82) is 0 Å². The number of esters is 1. The highest BCUT2D eigenvalue weighted by atomic mass is 32.2. The minimum absolute atomic E-state index is 0.233. The van der Waals surface area contributed by atoms with Crippen LogP contribution in [0.25, 0.3) is 0 Å². The summed E-state index contributed by atoms with van der Waals surface area (Å²) in [7, 11) is 3.06. The van der Waals surface area contributed by atoms with Gasteiger partial charge in [-0.3, -0.25) is 9.36 Å². The first-order chi connectivity index (χ1) is 9.11. The number of thioether (sulfide) groups is 1. The third kappa shape index (κ3) is 3.84. The Morgan fingerprint density at radius 1 is 1.68 bits per heavy atom. The average molecular weight is 286 g/mol. The largest absolute Gasteiger partial charge is 0.468 e. The second-order valence-electron chi connectivity index (χ2n) is 4.52. The summed E-state index contributed by atoms with van der Waals surface area (Å²) < 4.78 is 6.23. The molecule has 0 bridgehead atoms. The molecule has 2 N–H and O–H groups in total. The number of hydrogen-bond acceptors (Lipinski definition) is 6. The quantitative estimate of drug-likeness (QED) is 0.537. The fraction of sp³-hybridized carbons (Fsp3) is 0.727. The van der Waals surface area contributed by atoms with E-state index in [0.717, 1.165) is 12.8 Å². The Bertz CT molecular complexity index is 494. The van der Waals surface area contributed by atoms with Crippen LogP contribution in [-0.2, 0) is 16.6 Å². The minimum atomic E-state index is -0.277. The lowest BCUT2D eigenvalue weighted by Gasteiger charge is -2.15. The van der Waals surface area contributed by atoms with E-state index < -0.39 is 0 Å². The predicted octanol–water partition coefficient (Wildman–Crippen LogP) is -0.116. The van der Waals surface area contributed by atoms with Crippen LogP contribution in [0.15, 0.2) is 9.95 Å². The van der Waals surface area contributed by atoms with Crippen LogP contribution in [0.4, 0.5) is 0 Å². The van der Waals surface area contributed by atoms with Gasteiger partial charge in [-0.1, -0.05) is 11.8 Å². The van der Waals surface area contributed by atoms with Gasteiger partial charge in [0.2, 0.25) is 0 Å². The van der Waals surface area contributed by atoms with E-state index in [1.165, 1.54) is 23.4 Å². The first kappa shape index (κ1) is 14.1. The Labute approximate surface area is 115 Å².